The van der Waals surface area contributed by atoms with Crippen LogP contribution in [-0.2, 0) is 0 Å². The normalized spacial score (nSPS) is 23.0. The summed E-state index contributed by atoms with van der Waals surface area (Å²) in [5.41, 5.74) is 1.50. The summed E-state index contributed by atoms with van der Waals surface area (Å²) in [4.78, 5) is 5.52. The average molecular weight is 295 g/mol. The van der Waals surface area contributed by atoms with Gasteiger partial charge in [-0.05, 0) is 78.6 Å². The molecule has 2 heterocycles. The lowest BCUT2D eigenvalue weighted by molar-refractivity contribution is 0.228. The zero-order chi connectivity index (χ0) is 14.7. The topological polar surface area (TPSA) is 15.3 Å². The van der Waals surface area contributed by atoms with Crippen LogP contribution in [0.3, 0.4) is 0 Å². The van der Waals surface area contributed by atoms with Crippen molar-refractivity contribution in [3.63, 3.8) is 0 Å². The zero-order valence-electron chi connectivity index (χ0n) is 13.7. The van der Waals surface area contributed by atoms with Gasteiger partial charge in [-0.25, -0.2) is 0 Å². The Kier molecular flexibility index (Phi) is 5.65. The molecule has 0 amide bonds. The molecule has 0 saturated carbocycles. The summed E-state index contributed by atoms with van der Waals surface area (Å²) in [5, 5.41) is 3.87. The number of hydrogen-bond acceptors (Lipinski definition) is 3. The van der Waals surface area contributed by atoms with Crippen molar-refractivity contribution in [3.05, 3.63) is 21.4 Å². The highest BCUT2D eigenvalue weighted by atomic mass is 32.1. The van der Waals surface area contributed by atoms with Crippen molar-refractivity contribution in [3.8, 4) is 0 Å². The van der Waals surface area contributed by atoms with Gasteiger partial charge in [-0.1, -0.05) is 0 Å². The van der Waals surface area contributed by atoms with Gasteiger partial charge in [0, 0.05) is 27.9 Å². The van der Waals surface area contributed by atoms with Gasteiger partial charge in [0.25, 0.3) is 0 Å². The molecule has 20 heavy (non-hydrogen) atoms. The van der Waals surface area contributed by atoms with Crippen LogP contribution in [0.25, 0.3) is 0 Å². The van der Waals surface area contributed by atoms with Crippen molar-refractivity contribution >= 4 is 11.3 Å². The Labute approximate surface area is 128 Å². The average Bonchev–Trinajstić information content (AvgIpc) is 2.60. The van der Waals surface area contributed by atoms with Crippen LogP contribution in [-0.4, -0.2) is 30.1 Å². The molecule has 0 radical (unpaired) electrons. The number of thiophene rings is 1. The van der Waals surface area contributed by atoms with Gasteiger partial charge < -0.3 is 10.2 Å². The van der Waals surface area contributed by atoms with E-state index in [9.17, 15) is 0 Å². The van der Waals surface area contributed by atoms with Gasteiger partial charge in [0.1, 0.15) is 0 Å². The van der Waals surface area contributed by atoms with Gasteiger partial charge in [0.05, 0.1) is 0 Å². The van der Waals surface area contributed by atoms with Gasteiger partial charge in [-0.2, -0.15) is 0 Å². The minimum Gasteiger partial charge on any atom is -0.307 e. The first-order valence-corrected chi connectivity index (χ1v) is 8.86. The van der Waals surface area contributed by atoms with E-state index in [1.165, 1.54) is 47.7 Å². The molecule has 2 atom stereocenters. The van der Waals surface area contributed by atoms with Crippen molar-refractivity contribution in [1.29, 1.82) is 0 Å². The molecule has 3 heteroatoms. The first kappa shape index (κ1) is 16.0. The molecule has 0 bridgehead atoms. The van der Waals surface area contributed by atoms with Crippen LogP contribution < -0.4 is 5.32 Å². The third-order valence-electron chi connectivity index (χ3n) is 4.52. The maximum absolute atomic E-state index is 3.87. The Morgan fingerprint density at radius 1 is 1.20 bits per heavy atom. The lowest BCUT2D eigenvalue weighted by Crippen LogP contribution is -2.35. The molecular weight excluding hydrogens is 264 g/mol. The van der Waals surface area contributed by atoms with Crippen LogP contribution in [0.5, 0.6) is 0 Å². The van der Waals surface area contributed by atoms with E-state index in [-0.39, 0.29) is 0 Å². The molecule has 1 aliphatic rings. The van der Waals surface area contributed by atoms with Crippen molar-refractivity contribution < 1.29 is 0 Å². The third kappa shape index (κ3) is 4.06. The molecule has 2 nitrogen and oxygen atoms in total. The number of aryl methyl sites for hydroxylation is 2. The quantitative estimate of drug-likeness (QED) is 0.891. The fourth-order valence-electron chi connectivity index (χ4n) is 3.33. The Bertz CT molecular complexity index is 425. The van der Waals surface area contributed by atoms with E-state index >= 15 is 0 Å². The number of likely N-dealkylation sites (tertiary alicyclic amines) is 1. The predicted molar refractivity (Wildman–Crippen MR) is 89.7 cm³/mol. The van der Waals surface area contributed by atoms with E-state index in [1.54, 1.807) is 0 Å². The van der Waals surface area contributed by atoms with E-state index < -0.39 is 0 Å². The van der Waals surface area contributed by atoms with Gasteiger partial charge in [0.2, 0.25) is 0 Å². The van der Waals surface area contributed by atoms with Gasteiger partial charge >= 0.3 is 0 Å². The van der Waals surface area contributed by atoms with E-state index in [1.807, 2.05) is 11.3 Å². The van der Waals surface area contributed by atoms with Crippen LogP contribution in [0.15, 0.2) is 6.07 Å². The van der Waals surface area contributed by atoms with Crippen LogP contribution >= 0.6 is 11.3 Å². The Balaban J connectivity index is 1.91. The molecule has 1 fully saturated rings. The standard InChI is InChI=1S/C17H30N2S/c1-12(2)19-9-6-7-16(8-10-19)18-14(4)17-11-13(3)20-15(17)5/h11-12,14,16,18H,6-10H2,1-5H3. The molecule has 1 saturated heterocycles. The highest BCUT2D eigenvalue weighted by Crippen LogP contribution is 2.27. The maximum Gasteiger partial charge on any atom is 0.0305 e. The predicted octanol–water partition coefficient (Wildman–Crippen LogP) is 4.28. The first-order chi connectivity index (χ1) is 9.47. The zero-order valence-corrected chi connectivity index (χ0v) is 14.5. The van der Waals surface area contributed by atoms with Crippen LogP contribution in [0.2, 0.25) is 0 Å². The van der Waals surface area contributed by atoms with Crippen molar-refractivity contribution in [2.75, 3.05) is 13.1 Å². The molecule has 114 valence electrons. The molecular formula is C17H30N2S. The van der Waals surface area contributed by atoms with Gasteiger partial charge in [-0.3, -0.25) is 0 Å². The van der Waals surface area contributed by atoms with E-state index in [0.717, 1.165) is 0 Å². The summed E-state index contributed by atoms with van der Waals surface area (Å²) in [7, 11) is 0. The summed E-state index contributed by atoms with van der Waals surface area (Å²) in [6.07, 6.45) is 3.92. The van der Waals surface area contributed by atoms with Crippen LogP contribution in [0.4, 0.5) is 0 Å². The van der Waals surface area contributed by atoms with Crippen molar-refractivity contribution in [2.45, 2.75) is 72.0 Å². The third-order valence-corrected chi connectivity index (χ3v) is 5.51. The van der Waals surface area contributed by atoms with E-state index in [0.29, 0.717) is 18.1 Å². The van der Waals surface area contributed by atoms with Crippen LogP contribution in [0, 0.1) is 13.8 Å². The van der Waals surface area contributed by atoms with Gasteiger partial charge in [0.15, 0.2) is 0 Å². The Morgan fingerprint density at radius 2 is 1.95 bits per heavy atom. The molecule has 0 spiro atoms. The monoisotopic (exact) mass is 294 g/mol. The summed E-state index contributed by atoms with van der Waals surface area (Å²) in [6.45, 7) is 13.9. The SMILES string of the molecule is Cc1cc(C(C)NC2CCCN(C(C)C)CC2)c(C)s1. The number of hydrogen-bond donors (Lipinski definition) is 1. The lowest BCUT2D eigenvalue weighted by atomic mass is 10.0. The molecule has 2 unspecified atom stereocenters. The highest BCUT2D eigenvalue weighted by Gasteiger charge is 2.21. The maximum atomic E-state index is 3.87. The van der Waals surface area contributed by atoms with Crippen LogP contribution in [0.1, 0.15) is 61.4 Å². The number of rotatable bonds is 4. The lowest BCUT2D eigenvalue weighted by Gasteiger charge is -2.25. The molecule has 2 rings (SSSR count). The highest BCUT2D eigenvalue weighted by molar-refractivity contribution is 7.12. The number of nitrogens with zero attached hydrogens (tertiary/aromatic N) is 1. The molecule has 0 aromatic carbocycles. The molecule has 0 aliphatic carbocycles. The smallest absolute Gasteiger partial charge is 0.0305 e. The minimum atomic E-state index is 0.482. The number of nitrogens with one attached hydrogen (secondary N) is 1. The Morgan fingerprint density at radius 3 is 2.55 bits per heavy atom. The summed E-state index contributed by atoms with van der Waals surface area (Å²) >= 11 is 1.92. The molecule has 1 N–H and O–H groups in total. The fourth-order valence-corrected chi connectivity index (χ4v) is 4.35. The second-order valence-electron chi connectivity index (χ2n) is 6.51. The molecule has 1 aromatic heterocycles. The largest absolute Gasteiger partial charge is 0.307 e. The second kappa shape index (κ2) is 7.06. The summed E-state index contributed by atoms with van der Waals surface area (Å²) in [6, 6.07) is 4.20. The second-order valence-corrected chi connectivity index (χ2v) is 7.97. The molecule has 1 aromatic rings. The fraction of sp³-hybridized carbons (Fsp3) is 0.765. The van der Waals surface area contributed by atoms with E-state index in [2.05, 4.69) is 50.9 Å². The Hall–Kier alpha value is -0.380. The van der Waals surface area contributed by atoms with E-state index in [4.69, 9.17) is 0 Å². The first-order valence-electron chi connectivity index (χ1n) is 8.04. The summed E-state index contributed by atoms with van der Waals surface area (Å²) in [5.74, 6) is 0. The minimum absolute atomic E-state index is 0.482. The van der Waals surface area contributed by atoms with Crippen molar-refractivity contribution in [2.24, 2.45) is 0 Å². The van der Waals surface area contributed by atoms with Crippen molar-refractivity contribution in [1.82, 2.24) is 10.2 Å². The molecule has 1 aliphatic heterocycles. The van der Waals surface area contributed by atoms with Gasteiger partial charge in [-0.15, -0.1) is 11.3 Å². The summed E-state index contributed by atoms with van der Waals surface area (Å²) < 4.78 is 0.